The van der Waals surface area contributed by atoms with Crippen LogP contribution in [0, 0.1) is 5.82 Å². The predicted octanol–water partition coefficient (Wildman–Crippen LogP) is 4.89. The third-order valence-electron chi connectivity index (χ3n) is 2.47. The van der Waals surface area contributed by atoms with Crippen LogP contribution >= 0.6 is 27.7 Å². The molecule has 0 N–H and O–H groups in total. The smallest absolute Gasteiger partial charge is 0.154 e. The Kier molecular flexibility index (Phi) is 4.66. The van der Waals surface area contributed by atoms with Crippen molar-refractivity contribution in [3.63, 3.8) is 0 Å². The van der Waals surface area contributed by atoms with Crippen LogP contribution in [0.25, 0.3) is 0 Å². The second-order valence-corrected chi connectivity index (χ2v) is 5.31. The summed E-state index contributed by atoms with van der Waals surface area (Å²) in [6, 6.07) is 13.3. The molecule has 0 amide bonds. The molecule has 1 nitrogen and oxygen atoms in total. The maximum absolute atomic E-state index is 13.8. The fourth-order valence-electron chi connectivity index (χ4n) is 1.52. The van der Waals surface area contributed by atoms with Gasteiger partial charge in [-0.15, -0.1) is 11.8 Å². The van der Waals surface area contributed by atoms with Crippen molar-refractivity contribution in [2.45, 2.75) is 11.5 Å². The Morgan fingerprint density at radius 2 is 1.89 bits per heavy atom. The molecule has 0 saturated carbocycles. The second kappa shape index (κ2) is 6.25. The first-order chi connectivity index (χ1) is 8.72. The molecule has 2 aromatic carbocycles. The Bertz CT molecular complexity index is 531. The maximum Gasteiger partial charge on any atom is 0.154 e. The number of ether oxygens (including phenoxy) is 1. The van der Waals surface area contributed by atoms with Crippen LogP contribution in [0.1, 0.15) is 5.56 Å². The molecule has 0 atom stereocenters. The Morgan fingerprint density at radius 1 is 1.17 bits per heavy atom. The molecule has 0 aromatic heterocycles. The Hall–Kier alpha value is -1.000. The van der Waals surface area contributed by atoms with Gasteiger partial charge >= 0.3 is 0 Å². The minimum atomic E-state index is -0.270. The van der Waals surface area contributed by atoms with E-state index in [9.17, 15) is 4.39 Å². The van der Waals surface area contributed by atoms with Crippen LogP contribution in [0.2, 0.25) is 0 Å². The molecule has 0 bridgehead atoms. The van der Waals surface area contributed by atoms with Gasteiger partial charge in [0.1, 0.15) is 12.4 Å². The van der Waals surface area contributed by atoms with Crippen LogP contribution in [0.4, 0.5) is 4.39 Å². The second-order valence-electron chi connectivity index (χ2n) is 3.67. The summed E-state index contributed by atoms with van der Waals surface area (Å²) in [6.07, 6.45) is 1.84. The summed E-state index contributed by atoms with van der Waals surface area (Å²) in [7, 11) is 0. The topological polar surface area (TPSA) is 9.23 Å². The van der Waals surface area contributed by atoms with Crippen LogP contribution < -0.4 is 4.74 Å². The predicted molar refractivity (Wildman–Crippen MR) is 76.7 cm³/mol. The van der Waals surface area contributed by atoms with Crippen molar-refractivity contribution in [2.75, 3.05) is 6.26 Å². The van der Waals surface area contributed by atoms with Crippen molar-refractivity contribution in [3.8, 4) is 5.75 Å². The number of hydrogen-bond donors (Lipinski definition) is 0. The van der Waals surface area contributed by atoms with E-state index in [2.05, 4.69) is 15.9 Å². The number of halogens is 2. The Labute approximate surface area is 118 Å². The van der Waals surface area contributed by atoms with Gasteiger partial charge in [-0.25, -0.2) is 4.39 Å². The molecule has 0 unspecified atom stereocenters. The normalized spacial score (nSPS) is 10.4. The van der Waals surface area contributed by atoms with E-state index in [0.29, 0.717) is 21.7 Å². The van der Waals surface area contributed by atoms with Crippen molar-refractivity contribution in [2.24, 2.45) is 0 Å². The number of rotatable bonds is 4. The highest BCUT2D eigenvalue weighted by Crippen LogP contribution is 2.33. The van der Waals surface area contributed by atoms with Crippen molar-refractivity contribution < 1.29 is 9.13 Å². The first-order valence-electron chi connectivity index (χ1n) is 5.41. The van der Waals surface area contributed by atoms with E-state index in [-0.39, 0.29) is 5.82 Å². The summed E-state index contributed by atoms with van der Waals surface area (Å²) in [4.78, 5) is 0.605. The first kappa shape index (κ1) is 13.4. The molecule has 0 heterocycles. The minimum Gasteiger partial charge on any atom is -0.488 e. The summed E-state index contributed by atoms with van der Waals surface area (Å²) < 4.78 is 19.8. The van der Waals surface area contributed by atoms with Gasteiger partial charge in [-0.3, -0.25) is 0 Å². The van der Waals surface area contributed by atoms with Crippen molar-refractivity contribution >= 4 is 27.7 Å². The molecule has 18 heavy (non-hydrogen) atoms. The summed E-state index contributed by atoms with van der Waals surface area (Å²) in [6.45, 7) is 0.428. The SMILES string of the molecule is CSc1ccc(OCc2ccccc2)c(Br)c1F. The molecule has 0 saturated heterocycles. The largest absolute Gasteiger partial charge is 0.488 e. The van der Waals surface area contributed by atoms with Crippen LogP contribution in [-0.4, -0.2) is 6.26 Å². The lowest BCUT2D eigenvalue weighted by Gasteiger charge is -2.10. The molecule has 94 valence electrons. The summed E-state index contributed by atoms with van der Waals surface area (Å²) in [5.41, 5.74) is 1.05. The number of hydrogen-bond acceptors (Lipinski definition) is 2. The summed E-state index contributed by atoms with van der Waals surface area (Å²) in [5, 5.41) is 0. The van der Waals surface area contributed by atoms with Gasteiger partial charge in [0.05, 0.1) is 4.47 Å². The molecule has 4 heteroatoms. The van der Waals surface area contributed by atoms with Crippen molar-refractivity contribution in [3.05, 3.63) is 58.3 Å². The Balaban J connectivity index is 2.13. The lowest BCUT2D eigenvalue weighted by atomic mass is 10.2. The van der Waals surface area contributed by atoms with Gasteiger partial charge in [0, 0.05) is 4.90 Å². The summed E-state index contributed by atoms with van der Waals surface area (Å²) >= 11 is 4.60. The quantitative estimate of drug-likeness (QED) is 0.740. The van der Waals surface area contributed by atoms with E-state index in [1.807, 2.05) is 36.6 Å². The van der Waals surface area contributed by atoms with Crippen LogP contribution in [-0.2, 0) is 6.61 Å². The van der Waals surface area contributed by atoms with E-state index in [0.717, 1.165) is 5.56 Å². The molecule has 0 aliphatic heterocycles. The standard InChI is InChI=1S/C14H12BrFOS/c1-18-12-8-7-11(13(15)14(12)16)17-9-10-5-3-2-4-6-10/h2-8H,9H2,1H3. The van der Waals surface area contributed by atoms with Crippen molar-refractivity contribution in [1.29, 1.82) is 0 Å². The summed E-state index contributed by atoms with van der Waals surface area (Å²) in [5.74, 6) is 0.252. The maximum atomic E-state index is 13.8. The average Bonchev–Trinajstić information content (AvgIpc) is 2.42. The fraction of sp³-hybridized carbons (Fsp3) is 0.143. The molecule has 2 aromatic rings. The molecular weight excluding hydrogens is 315 g/mol. The lowest BCUT2D eigenvalue weighted by molar-refractivity contribution is 0.301. The molecule has 0 radical (unpaired) electrons. The molecule has 0 spiro atoms. The van der Waals surface area contributed by atoms with Crippen LogP contribution in [0.15, 0.2) is 51.8 Å². The Morgan fingerprint density at radius 3 is 2.56 bits per heavy atom. The van der Waals surface area contributed by atoms with E-state index in [1.54, 1.807) is 12.1 Å². The van der Waals surface area contributed by atoms with Crippen molar-refractivity contribution in [1.82, 2.24) is 0 Å². The number of benzene rings is 2. The monoisotopic (exact) mass is 326 g/mol. The van der Waals surface area contributed by atoms with Gasteiger partial charge in [0.15, 0.2) is 5.82 Å². The zero-order chi connectivity index (χ0) is 13.0. The molecule has 0 fully saturated rings. The molecule has 0 aliphatic carbocycles. The molecule has 0 aliphatic rings. The van der Waals surface area contributed by atoms with Crippen LogP contribution in [0.3, 0.4) is 0 Å². The van der Waals surface area contributed by atoms with E-state index >= 15 is 0 Å². The molecule has 2 rings (SSSR count). The fourth-order valence-corrected chi connectivity index (χ4v) is 2.60. The highest BCUT2D eigenvalue weighted by molar-refractivity contribution is 9.10. The molecular formula is C14H12BrFOS. The minimum absolute atomic E-state index is 0.270. The van der Waals surface area contributed by atoms with Gasteiger partial charge in [-0.05, 0) is 39.9 Å². The van der Waals surface area contributed by atoms with E-state index in [4.69, 9.17) is 4.74 Å². The van der Waals surface area contributed by atoms with Gasteiger partial charge in [0.2, 0.25) is 0 Å². The van der Waals surface area contributed by atoms with Crippen LogP contribution in [0.5, 0.6) is 5.75 Å². The van der Waals surface area contributed by atoms with E-state index in [1.165, 1.54) is 11.8 Å². The van der Waals surface area contributed by atoms with Gasteiger partial charge in [-0.1, -0.05) is 30.3 Å². The average molecular weight is 327 g/mol. The third kappa shape index (κ3) is 3.06. The first-order valence-corrected chi connectivity index (χ1v) is 7.43. The highest BCUT2D eigenvalue weighted by Gasteiger charge is 2.11. The zero-order valence-corrected chi connectivity index (χ0v) is 12.2. The third-order valence-corrected chi connectivity index (χ3v) is 3.96. The number of thioether (sulfide) groups is 1. The van der Waals surface area contributed by atoms with Gasteiger partial charge in [0.25, 0.3) is 0 Å². The van der Waals surface area contributed by atoms with Gasteiger partial charge in [-0.2, -0.15) is 0 Å². The van der Waals surface area contributed by atoms with E-state index < -0.39 is 0 Å². The highest BCUT2D eigenvalue weighted by atomic mass is 79.9. The zero-order valence-electron chi connectivity index (χ0n) is 9.82. The lowest BCUT2D eigenvalue weighted by Crippen LogP contribution is -1.97. The van der Waals surface area contributed by atoms with Gasteiger partial charge < -0.3 is 4.74 Å².